The van der Waals surface area contributed by atoms with Gasteiger partial charge < -0.3 is 0 Å². The fourth-order valence-corrected chi connectivity index (χ4v) is 4.32. The van der Waals surface area contributed by atoms with Gasteiger partial charge in [0.05, 0.1) is 18.3 Å². The molecule has 26 heavy (non-hydrogen) atoms. The number of carbonyl (C=O) groups is 1. The van der Waals surface area contributed by atoms with Crippen LogP contribution in [0.1, 0.15) is 77.7 Å². The second kappa shape index (κ2) is 9.30. The maximum Gasteiger partial charge on any atom is 0.157 e. The number of halogens is 1. The zero-order valence-corrected chi connectivity index (χ0v) is 16.4. The van der Waals surface area contributed by atoms with Crippen molar-refractivity contribution in [2.75, 3.05) is 0 Å². The fourth-order valence-electron chi connectivity index (χ4n) is 4.32. The van der Waals surface area contributed by atoms with Crippen LogP contribution in [0, 0.1) is 29.1 Å². The van der Waals surface area contributed by atoms with Crippen molar-refractivity contribution in [3.63, 3.8) is 0 Å². The van der Waals surface area contributed by atoms with Gasteiger partial charge in [-0.3, -0.25) is 9.48 Å². The predicted molar refractivity (Wildman–Crippen MR) is 100 cm³/mol. The molecule has 1 fully saturated rings. The van der Waals surface area contributed by atoms with Gasteiger partial charge in [-0.15, -0.1) is 0 Å². The molecule has 1 aromatic rings. The SMILES string of the molecule is CCC[C@](C)(F)C1CCC[C@@H](C(=O)Cn2cc(C#N)cn2)CC[C@H](C)C1. The summed E-state index contributed by atoms with van der Waals surface area (Å²) in [6.45, 7) is 6.21. The van der Waals surface area contributed by atoms with Gasteiger partial charge in [-0.25, -0.2) is 4.39 Å². The van der Waals surface area contributed by atoms with Gasteiger partial charge in [0.15, 0.2) is 5.78 Å². The number of rotatable bonds is 6. The third kappa shape index (κ3) is 5.65. The van der Waals surface area contributed by atoms with Crippen molar-refractivity contribution in [2.45, 2.75) is 84.4 Å². The number of hydrogen-bond donors (Lipinski definition) is 0. The number of ketones is 1. The Balaban J connectivity index is 1.98. The Labute approximate surface area is 156 Å². The first kappa shape index (κ1) is 20.6. The lowest BCUT2D eigenvalue weighted by atomic mass is 9.78. The average Bonchev–Trinajstić information content (AvgIpc) is 3.06. The Hall–Kier alpha value is -1.70. The van der Waals surface area contributed by atoms with Gasteiger partial charge in [0, 0.05) is 12.1 Å². The van der Waals surface area contributed by atoms with E-state index in [-0.39, 0.29) is 24.2 Å². The smallest absolute Gasteiger partial charge is 0.157 e. The summed E-state index contributed by atoms with van der Waals surface area (Å²) in [5.41, 5.74) is -0.628. The molecule has 1 aliphatic rings. The van der Waals surface area contributed by atoms with Crippen molar-refractivity contribution in [3.8, 4) is 6.07 Å². The third-order valence-corrected chi connectivity index (χ3v) is 5.93. The molecular weight excluding hydrogens is 329 g/mol. The number of carbonyl (C=O) groups excluding carboxylic acids is 1. The molecule has 1 heterocycles. The van der Waals surface area contributed by atoms with Crippen LogP contribution in [0.15, 0.2) is 12.4 Å². The topological polar surface area (TPSA) is 58.7 Å². The average molecular weight is 362 g/mol. The summed E-state index contributed by atoms with van der Waals surface area (Å²) in [4.78, 5) is 12.7. The summed E-state index contributed by atoms with van der Waals surface area (Å²) < 4.78 is 16.6. The zero-order chi connectivity index (χ0) is 19.2. The number of nitriles is 1. The lowest BCUT2D eigenvalue weighted by molar-refractivity contribution is -0.124. The maximum absolute atomic E-state index is 15.1. The molecule has 1 saturated carbocycles. The van der Waals surface area contributed by atoms with Crippen LogP contribution in [0.2, 0.25) is 0 Å². The monoisotopic (exact) mass is 361 g/mol. The molecule has 0 spiro atoms. The largest absolute Gasteiger partial charge is 0.297 e. The molecule has 0 radical (unpaired) electrons. The van der Waals surface area contributed by atoms with E-state index in [1.807, 2.05) is 13.0 Å². The molecule has 5 heteroatoms. The van der Waals surface area contributed by atoms with Gasteiger partial charge in [-0.1, -0.05) is 33.1 Å². The summed E-state index contributed by atoms with van der Waals surface area (Å²) in [7, 11) is 0. The highest BCUT2D eigenvalue weighted by atomic mass is 19.1. The first-order valence-corrected chi connectivity index (χ1v) is 10.00. The molecular formula is C21H32FN3O. The van der Waals surface area contributed by atoms with Gasteiger partial charge in [0.2, 0.25) is 0 Å². The van der Waals surface area contributed by atoms with Gasteiger partial charge in [0.1, 0.15) is 11.7 Å². The molecule has 4 atom stereocenters. The summed E-state index contributed by atoms with van der Waals surface area (Å²) in [5, 5.41) is 13.0. The van der Waals surface area contributed by atoms with Crippen LogP contribution in [-0.2, 0) is 11.3 Å². The number of Topliss-reactive ketones (excluding diaryl/α,β-unsaturated/α-hetero) is 1. The molecule has 4 nitrogen and oxygen atoms in total. The lowest BCUT2D eigenvalue weighted by Gasteiger charge is -2.32. The van der Waals surface area contributed by atoms with Gasteiger partial charge >= 0.3 is 0 Å². The number of nitrogens with zero attached hydrogens (tertiary/aromatic N) is 3. The standard InChI is InChI=1S/C21H32FN3O/c1-4-10-21(3,22)19-7-5-6-18(9-8-16(2)11-19)20(26)15-25-14-17(12-23)13-24-25/h13-14,16,18-19H,4-11,15H2,1-3H3/t16-,18+,19?,21-/m0/s1. The van der Waals surface area contributed by atoms with Crippen LogP contribution in [-0.4, -0.2) is 21.2 Å². The molecule has 1 aliphatic carbocycles. The molecule has 0 amide bonds. The number of alkyl halides is 1. The van der Waals surface area contributed by atoms with E-state index in [2.05, 4.69) is 12.0 Å². The van der Waals surface area contributed by atoms with Crippen molar-refractivity contribution >= 4 is 5.78 Å². The van der Waals surface area contributed by atoms with Crippen molar-refractivity contribution in [1.82, 2.24) is 9.78 Å². The quantitative estimate of drug-likeness (QED) is 0.710. The van der Waals surface area contributed by atoms with Crippen molar-refractivity contribution < 1.29 is 9.18 Å². The highest BCUT2D eigenvalue weighted by Crippen LogP contribution is 2.39. The second-order valence-corrected chi connectivity index (χ2v) is 8.28. The van der Waals surface area contributed by atoms with Gasteiger partial charge in [-0.2, -0.15) is 10.4 Å². The van der Waals surface area contributed by atoms with E-state index >= 15 is 4.39 Å². The Morgan fingerprint density at radius 1 is 1.42 bits per heavy atom. The van der Waals surface area contributed by atoms with Crippen LogP contribution < -0.4 is 0 Å². The molecule has 0 N–H and O–H groups in total. The minimum atomic E-state index is -1.10. The fraction of sp³-hybridized carbons (Fsp3) is 0.762. The summed E-state index contributed by atoms with van der Waals surface area (Å²) >= 11 is 0. The molecule has 1 unspecified atom stereocenters. The van der Waals surface area contributed by atoms with E-state index in [1.54, 1.807) is 17.8 Å². The molecule has 144 valence electrons. The highest BCUT2D eigenvalue weighted by molar-refractivity contribution is 5.80. The van der Waals surface area contributed by atoms with Crippen molar-refractivity contribution in [3.05, 3.63) is 18.0 Å². The molecule has 1 aromatic heterocycles. The Morgan fingerprint density at radius 3 is 2.85 bits per heavy atom. The Morgan fingerprint density at radius 2 is 2.19 bits per heavy atom. The van der Waals surface area contributed by atoms with E-state index in [1.165, 1.54) is 6.20 Å². The highest BCUT2D eigenvalue weighted by Gasteiger charge is 2.35. The van der Waals surface area contributed by atoms with Crippen molar-refractivity contribution in [1.29, 1.82) is 5.26 Å². The van der Waals surface area contributed by atoms with E-state index in [9.17, 15) is 4.79 Å². The minimum Gasteiger partial charge on any atom is -0.297 e. The first-order chi connectivity index (χ1) is 12.4. The van der Waals surface area contributed by atoms with Crippen LogP contribution >= 0.6 is 0 Å². The Kier molecular flexibility index (Phi) is 7.37. The predicted octanol–water partition coefficient (Wildman–Crippen LogP) is 5.07. The van der Waals surface area contributed by atoms with E-state index in [4.69, 9.17) is 5.26 Å². The second-order valence-electron chi connectivity index (χ2n) is 8.28. The van der Waals surface area contributed by atoms with E-state index in [0.29, 0.717) is 17.9 Å². The summed E-state index contributed by atoms with van der Waals surface area (Å²) in [6.07, 6.45) is 9.94. The maximum atomic E-state index is 15.1. The van der Waals surface area contributed by atoms with Gasteiger partial charge in [0.25, 0.3) is 0 Å². The number of aromatic nitrogens is 2. The number of hydrogen-bond acceptors (Lipinski definition) is 3. The normalized spacial score (nSPS) is 26.8. The molecule has 0 aliphatic heterocycles. The molecule has 0 bridgehead atoms. The third-order valence-electron chi connectivity index (χ3n) is 5.93. The zero-order valence-electron chi connectivity index (χ0n) is 16.4. The van der Waals surface area contributed by atoms with Crippen LogP contribution in [0.3, 0.4) is 0 Å². The van der Waals surface area contributed by atoms with Gasteiger partial charge in [-0.05, 0) is 50.9 Å². The van der Waals surface area contributed by atoms with E-state index in [0.717, 1.165) is 44.9 Å². The first-order valence-electron chi connectivity index (χ1n) is 10.00. The van der Waals surface area contributed by atoms with Crippen molar-refractivity contribution in [2.24, 2.45) is 17.8 Å². The molecule has 0 saturated heterocycles. The van der Waals surface area contributed by atoms with Crippen LogP contribution in [0.4, 0.5) is 4.39 Å². The Bertz CT molecular complexity index is 631. The van der Waals surface area contributed by atoms with E-state index < -0.39 is 5.67 Å². The molecule has 2 rings (SSSR count). The molecule has 0 aromatic carbocycles. The summed E-state index contributed by atoms with van der Waals surface area (Å²) in [6, 6.07) is 2.03. The van der Waals surface area contributed by atoms with Crippen LogP contribution in [0.25, 0.3) is 0 Å². The minimum absolute atomic E-state index is 0.0166. The summed E-state index contributed by atoms with van der Waals surface area (Å²) in [5.74, 6) is 0.730. The van der Waals surface area contributed by atoms with Crippen LogP contribution in [0.5, 0.6) is 0 Å². The lowest BCUT2D eigenvalue weighted by Crippen LogP contribution is -2.31.